The van der Waals surface area contributed by atoms with E-state index in [4.69, 9.17) is 0 Å². The number of nitrogens with zero attached hydrogens (tertiary/aromatic N) is 2. The Morgan fingerprint density at radius 3 is 2.13 bits per heavy atom. The van der Waals surface area contributed by atoms with Gasteiger partial charge in [0, 0.05) is 38.1 Å². The van der Waals surface area contributed by atoms with Gasteiger partial charge in [0.15, 0.2) is 0 Å². The molecule has 2 aromatic rings. The molecule has 120 valence electrons. The van der Waals surface area contributed by atoms with Gasteiger partial charge in [-0.15, -0.1) is 0 Å². The standard InChI is InChI=1S/C20H24N2O/c23-19-8-6-18(7-9-19)13-22-15-20(16-22)10-11-21(14-20)12-17-4-2-1-3-5-17/h1-9,23H,10-16H2. The van der Waals surface area contributed by atoms with Gasteiger partial charge in [0.1, 0.15) is 5.75 Å². The molecule has 0 aromatic heterocycles. The molecule has 3 heteroatoms. The Morgan fingerprint density at radius 2 is 1.39 bits per heavy atom. The fraction of sp³-hybridized carbons (Fsp3) is 0.400. The van der Waals surface area contributed by atoms with Crippen LogP contribution in [0.15, 0.2) is 54.6 Å². The number of phenols is 1. The average Bonchev–Trinajstić information content (AvgIpc) is 2.94. The summed E-state index contributed by atoms with van der Waals surface area (Å²) in [7, 11) is 0. The van der Waals surface area contributed by atoms with Crippen LogP contribution >= 0.6 is 0 Å². The summed E-state index contributed by atoms with van der Waals surface area (Å²) in [5.41, 5.74) is 3.23. The van der Waals surface area contributed by atoms with Crippen LogP contribution in [0, 0.1) is 5.41 Å². The predicted molar refractivity (Wildman–Crippen MR) is 92.2 cm³/mol. The van der Waals surface area contributed by atoms with E-state index in [1.807, 2.05) is 12.1 Å². The van der Waals surface area contributed by atoms with Gasteiger partial charge in [-0.1, -0.05) is 42.5 Å². The SMILES string of the molecule is Oc1ccc(CN2CC3(CCN(Cc4ccccc4)C3)C2)cc1. The van der Waals surface area contributed by atoms with E-state index in [0.29, 0.717) is 11.2 Å². The largest absolute Gasteiger partial charge is 0.508 e. The minimum absolute atomic E-state index is 0.348. The fourth-order valence-electron chi connectivity index (χ4n) is 4.14. The fourth-order valence-corrected chi connectivity index (χ4v) is 4.14. The second kappa shape index (κ2) is 5.99. The first-order chi connectivity index (χ1) is 11.2. The van der Waals surface area contributed by atoms with Crippen molar-refractivity contribution in [3.8, 4) is 5.75 Å². The van der Waals surface area contributed by atoms with Gasteiger partial charge in [-0.2, -0.15) is 0 Å². The number of aromatic hydroxyl groups is 1. The maximum Gasteiger partial charge on any atom is 0.115 e. The average molecular weight is 308 g/mol. The number of likely N-dealkylation sites (tertiary alicyclic amines) is 2. The molecule has 4 rings (SSSR count). The summed E-state index contributed by atoms with van der Waals surface area (Å²) in [6.45, 7) is 6.95. The smallest absolute Gasteiger partial charge is 0.115 e. The van der Waals surface area contributed by atoms with Crippen molar-refractivity contribution in [1.29, 1.82) is 0 Å². The van der Waals surface area contributed by atoms with Gasteiger partial charge in [-0.25, -0.2) is 0 Å². The lowest BCUT2D eigenvalue weighted by atomic mass is 9.79. The Kier molecular flexibility index (Phi) is 3.83. The van der Waals surface area contributed by atoms with Gasteiger partial charge in [0.2, 0.25) is 0 Å². The zero-order valence-electron chi connectivity index (χ0n) is 13.5. The summed E-state index contributed by atoms with van der Waals surface area (Å²) in [5.74, 6) is 0.348. The molecular weight excluding hydrogens is 284 g/mol. The van der Waals surface area contributed by atoms with Gasteiger partial charge >= 0.3 is 0 Å². The first-order valence-electron chi connectivity index (χ1n) is 8.47. The molecule has 2 aliphatic heterocycles. The lowest BCUT2D eigenvalue weighted by molar-refractivity contribution is 0.00160. The van der Waals surface area contributed by atoms with E-state index >= 15 is 0 Å². The van der Waals surface area contributed by atoms with Gasteiger partial charge in [-0.05, 0) is 36.2 Å². The van der Waals surface area contributed by atoms with Crippen LogP contribution in [0.4, 0.5) is 0 Å². The third-order valence-corrected chi connectivity index (χ3v) is 5.23. The highest BCUT2D eigenvalue weighted by atomic mass is 16.3. The minimum Gasteiger partial charge on any atom is -0.508 e. The lowest BCUT2D eigenvalue weighted by Crippen LogP contribution is -2.56. The van der Waals surface area contributed by atoms with Crippen LogP contribution in [0.2, 0.25) is 0 Å². The molecule has 2 aliphatic rings. The van der Waals surface area contributed by atoms with E-state index in [2.05, 4.69) is 40.1 Å². The summed E-state index contributed by atoms with van der Waals surface area (Å²) >= 11 is 0. The predicted octanol–water partition coefficient (Wildman–Crippen LogP) is 3.10. The quantitative estimate of drug-likeness (QED) is 0.940. The number of hydrogen-bond donors (Lipinski definition) is 1. The zero-order chi connectivity index (χ0) is 15.7. The Labute approximate surface area is 138 Å². The summed E-state index contributed by atoms with van der Waals surface area (Å²) in [6.07, 6.45) is 1.33. The van der Waals surface area contributed by atoms with Crippen molar-refractivity contribution in [2.45, 2.75) is 19.5 Å². The molecule has 0 unspecified atom stereocenters. The Morgan fingerprint density at radius 1 is 0.783 bits per heavy atom. The molecule has 3 nitrogen and oxygen atoms in total. The van der Waals surface area contributed by atoms with Crippen molar-refractivity contribution >= 4 is 0 Å². The Bertz CT molecular complexity index is 647. The van der Waals surface area contributed by atoms with Crippen LogP contribution in [0.3, 0.4) is 0 Å². The van der Waals surface area contributed by atoms with Crippen molar-refractivity contribution in [1.82, 2.24) is 9.80 Å². The summed E-state index contributed by atoms with van der Waals surface area (Å²) in [4.78, 5) is 5.13. The second-order valence-electron chi connectivity index (χ2n) is 7.26. The molecule has 2 aromatic carbocycles. The Hall–Kier alpha value is -1.84. The van der Waals surface area contributed by atoms with E-state index in [-0.39, 0.29) is 0 Å². The van der Waals surface area contributed by atoms with E-state index in [1.54, 1.807) is 12.1 Å². The van der Waals surface area contributed by atoms with E-state index in [0.717, 1.165) is 13.1 Å². The van der Waals surface area contributed by atoms with Crippen molar-refractivity contribution in [2.75, 3.05) is 26.2 Å². The monoisotopic (exact) mass is 308 g/mol. The molecule has 0 saturated carbocycles. The first-order valence-corrected chi connectivity index (χ1v) is 8.47. The normalized spacial score (nSPS) is 20.7. The van der Waals surface area contributed by atoms with Crippen LogP contribution in [0.1, 0.15) is 17.5 Å². The summed E-state index contributed by atoms with van der Waals surface area (Å²) in [6, 6.07) is 18.4. The molecule has 0 atom stereocenters. The van der Waals surface area contributed by atoms with Crippen LogP contribution in [-0.2, 0) is 13.1 Å². The van der Waals surface area contributed by atoms with Gasteiger partial charge in [0.25, 0.3) is 0 Å². The highest BCUT2D eigenvalue weighted by Crippen LogP contribution is 2.40. The van der Waals surface area contributed by atoms with E-state index in [1.165, 1.54) is 43.7 Å². The molecule has 0 bridgehead atoms. The summed E-state index contributed by atoms with van der Waals surface area (Å²) < 4.78 is 0. The van der Waals surface area contributed by atoms with Crippen molar-refractivity contribution in [2.24, 2.45) is 5.41 Å². The molecule has 2 saturated heterocycles. The maximum absolute atomic E-state index is 9.36. The van der Waals surface area contributed by atoms with E-state index < -0.39 is 0 Å². The van der Waals surface area contributed by atoms with Crippen LogP contribution in [0.25, 0.3) is 0 Å². The topological polar surface area (TPSA) is 26.7 Å². The van der Waals surface area contributed by atoms with Crippen molar-refractivity contribution < 1.29 is 5.11 Å². The molecule has 1 N–H and O–H groups in total. The highest BCUT2D eigenvalue weighted by Gasteiger charge is 2.47. The molecule has 2 fully saturated rings. The van der Waals surface area contributed by atoms with Gasteiger partial charge < -0.3 is 5.11 Å². The molecule has 1 spiro atoms. The third kappa shape index (κ3) is 3.26. The van der Waals surface area contributed by atoms with Crippen LogP contribution in [-0.4, -0.2) is 41.1 Å². The molecule has 0 aliphatic carbocycles. The lowest BCUT2D eigenvalue weighted by Gasteiger charge is -2.48. The number of rotatable bonds is 4. The Balaban J connectivity index is 1.28. The highest BCUT2D eigenvalue weighted by molar-refractivity contribution is 5.26. The minimum atomic E-state index is 0.348. The van der Waals surface area contributed by atoms with Crippen molar-refractivity contribution in [3.05, 3.63) is 65.7 Å². The molecule has 0 amide bonds. The van der Waals surface area contributed by atoms with Gasteiger partial charge in [0.05, 0.1) is 0 Å². The van der Waals surface area contributed by atoms with E-state index in [9.17, 15) is 5.11 Å². The summed E-state index contributed by atoms with van der Waals surface area (Å²) in [5, 5.41) is 9.36. The maximum atomic E-state index is 9.36. The number of benzene rings is 2. The van der Waals surface area contributed by atoms with Crippen LogP contribution in [0.5, 0.6) is 5.75 Å². The molecular formula is C20H24N2O. The third-order valence-electron chi connectivity index (χ3n) is 5.23. The van der Waals surface area contributed by atoms with Crippen molar-refractivity contribution in [3.63, 3.8) is 0 Å². The number of phenolic OH excluding ortho intramolecular Hbond substituents is 1. The number of hydrogen-bond acceptors (Lipinski definition) is 3. The molecule has 23 heavy (non-hydrogen) atoms. The van der Waals surface area contributed by atoms with Gasteiger partial charge in [-0.3, -0.25) is 9.80 Å². The molecule has 2 heterocycles. The molecule has 0 radical (unpaired) electrons. The van der Waals surface area contributed by atoms with Crippen LogP contribution < -0.4 is 0 Å². The first kappa shape index (κ1) is 14.7. The zero-order valence-corrected chi connectivity index (χ0v) is 13.5. The second-order valence-corrected chi connectivity index (χ2v) is 7.26.